The standard InChI is InChI=1S/C19H20F2N2O6S/c1-3-23(4-2)30(26,27)16-11-7-14(8-12-16)18(25)29-22-17(24)13-5-9-15(10-6-13)28-19(20)21/h5-12,19H,3-4H2,1-2H3,(H,22,24). The Morgan fingerprint density at radius 1 is 0.967 bits per heavy atom. The normalized spacial score (nSPS) is 11.4. The van der Waals surface area contributed by atoms with Crippen molar-refractivity contribution in [1.29, 1.82) is 0 Å². The van der Waals surface area contributed by atoms with Gasteiger partial charge in [-0.05, 0) is 48.5 Å². The largest absolute Gasteiger partial charge is 0.435 e. The number of nitrogens with zero attached hydrogens (tertiary/aromatic N) is 1. The highest BCUT2D eigenvalue weighted by Gasteiger charge is 2.22. The molecule has 30 heavy (non-hydrogen) atoms. The van der Waals surface area contributed by atoms with Gasteiger partial charge in [0.2, 0.25) is 10.0 Å². The van der Waals surface area contributed by atoms with Crippen LogP contribution < -0.4 is 10.2 Å². The van der Waals surface area contributed by atoms with Crippen molar-refractivity contribution in [2.45, 2.75) is 25.4 Å². The molecule has 0 aromatic heterocycles. The lowest BCUT2D eigenvalue weighted by Crippen LogP contribution is -2.30. The maximum atomic E-state index is 12.4. The van der Waals surface area contributed by atoms with E-state index in [2.05, 4.69) is 4.74 Å². The van der Waals surface area contributed by atoms with Crippen molar-refractivity contribution >= 4 is 21.9 Å². The molecule has 0 aliphatic carbocycles. The third-order valence-corrected chi connectivity index (χ3v) is 6.08. The highest BCUT2D eigenvalue weighted by Crippen LogP contribution is 2.17. The molecule has 2 aromatic carbocycles. The van der Waals surface area contributed by atoms with Crippen LogP contribution in [0.3, 0.4) is 0 Å². The summed E-state index contributed by atoms with van der Waals surface area (Å²) in [7, 11) is -3.66. The van der Waals surface area contributed by atoms with Gasteiger partial charge in [-0.2, -0.15) is 18.6 Å². The Hall–Kier alpha value is -3.05. The van der Waals surface area contributed by atoms with E-state index in [1.165, 1.54) is 40.7 Å². The summed E-state index contributed by atoms with van der Waals surface area (Å²) in [6.07, 6.45) is 0. The van der Waals surface area contributed by atoms with Gasteiger partial charge in [0, 0.05) is 18.7 Å². The number of rotatable bonds is 8. The van der Waals surface area contributed by atoms with E-state index in [-0.39, 0.29) is 21.8 Å². The topological polar surface area (TPSA) is 102 Å². The zero-order valence-electron chi connectivity index (χ0n) is 16.2. The number of carbonyl (C=O) groups is 2. The maximum Gasteiger partial charge on any atom is 0.387 e. The average Bonchev–Trinajstić information content (AvgIpc) is 2.72. The van der Waals surface area contributed by atoms with Gasteiger partial charge in [-0.25, -0.2) is 13.2 Å². The maximum absolute atomic E-state index is 12.4. The van der Waals surface area contributed by atoms with Crippen molar-refractivity contribution in [2.24, 2.45) is 0 Å². The number of carbonyl (C=O) groups excluding carboxylic acids is 2. The number of amides is 1. The number of sulfonamides is 1. The van der Waals surface area contributed by atoms with Gasteiger partial charge in [-0.15, -0.1) is 0 Å². The second-order valence-electron chi connectivity index (χ2n) is 5.84. The number of hydrogen-bond donors (Lipinski definition) is 1. The summed E-state index contributed by atoms with van der Waals surface area (Å²) in [6.45, 7) is 1.07. The first kappa shape index (κ1) is 23.2. The summed E-state index contributed by atoms with van der Waals surface area (Å²) in [5.41, 5.74) is 2.00. The van der Waals surface area contributed by atoms with Gasteiger partial charge in [0.1, 0.15) is 5.75 Å². The van der Waals surface area contributed by atoms with Gasteiger partial charge in [0.25, 0.3) is 5.91 Å². The van der Waals surface area contributed by atoms with Crippen molar-refractivity contribution in [3.63, 3.8) is 0 Å². The molecule has 0 heterocycles. The minimum Gasteiger partial charge on any atom is -0.435 e. The molecular formula is C19H20F2N2O6S. The number of alkyl halides is 2. The summed E-state index contributed by atoms with van der Waals surface area (Å²) < 4.78 is 54.6. The van der Waals surface area contributed by atoms with Crippen LogP contribution in [0.1, 0.15) is 34.6 Å². The molecule has 2 aromatic rings. The number of hydrogen-bond acceptors (Lipinski definition) is 6. The molecule has 1 amide bonds. The molecule has 0 unspecified atom stereocenters. The molecule has 0 aliphatic rings. The fourth-order valence-electron chi connectivity index (χ4n) is 2.47. The van der Waals surface area contributed by atoms with E-state index in [0.29, 0.717) is 13.1 Å². The first-order valence-electron chi connectivity index (χ1n) is 8.85. The number of benzene rings is 2. The minimum atomic E-state index is -3.66. The Labute approximate surface area is 172 Å². The number of ether oxygens (including phenoxy) is 1. The van der Waals surface area contributed by atoms with Crippen LogP contribution in [0.2, 0.25) is 0 Å². The van der Waals surface area contributed by atoms with E-state index >= 15 is 0 Å². The van der Waals surface area contributed by atoms with Crippen molar-refractivity contribution in [3.8, 4) is 5.75 Å². The monoisotopic (exact) mass is 442 g/mol. The van der Waals surface area contributed by atoms with Gasteiger partial charge in [-0.1, -0.05) is 13.8 Å². The van der Waals surface area contributed by atoms with E-state index in [1.807, 2.05) is 5.48 Å². The Kier molecular flexibility index (Phi) is 7.84. The molecule has 162 valence electrons. The van der Waals surface area contributed by atoms with Crippen LogP contribution in [-0.4, -0.2) is 44.3 Å². The summed E-state index contributed by atoms with van der Waals surface area (Å²) >= 11 is 0. The lowest BCUT2D eigenvalue weighted by Gasteiger charge is -2.18. The van der Waals surface area contributed by atoms with Gasteiger partial charge < -0.3 is 9.57 Å². The van der Waals surface area contributed by atoms with Crippen molar-refractivity contribution < 1.29 is 36.4 Å². The lowest BCUT2D eigenvalue weighted by molar-refractivity contribution is -0.0498. The molecule has 0 aliphatic heterocycles. The van der Waals surface area contributed by atoms with Crippen LogP contribution in [-0.2, 0) is 14.9 Å². The fraction of sp³-hybridized carbons (Fsp3) is 0.263. The fourth-order valence-corrected chi connectivity index (χ4v) is 3.93. The SMILES string of the molecule is CCN(CC)S(=O)(=O)c1ccc(C(=O)ONC(=O)c2ccc(OC(F)F)cc2)cc1. The van der Waals surface area contributed by atoms with Crippen molar-refractivity contribution in [3.05, 3.63) is 59.7 Å². The molecule has 0 saturated carbocycles. The highest BCUT2D eigenvalue weighted by atomic mass is 32.2. The van der Waals surface area contributed by atoms with E-state index in [9.17, 15) is 26.8 Å². The molecule has 0 radical (unpaired) electrons. The van der Waals surface area contributed by atoms with Crippen LogP contribution in [0.15, 0.2) is 53.4 Å². The highest BCUT2D eigenvalue weighted by molar-refractivity contribution is 7.89. The van der Waals surface area contributed by atoms with E-state index in [1.54, 1.807) is 13.8 Å². The molecule has 0 bridgehead atoms. The molecule has 0 atom stereocenters. The smallest absolute Gasteiger partial charge is 0.387 e. The molecule has 11 heteroatoms. The summed E-state index contributed by atoms with van der Waals surface area (Å²) in [4.78, 5) is 28.8. The Morgan fingerprint density at radius 2 is 1.50 bits per heavy atom. The first-order chi connectivity index (χ1) is 14.2. The molecular weight excluding hydrogens is 422 g/mol. The second kappa shape index (κ2) is 10.1. The number of halogens is 2. The Balaban J connectivity index is 1.98. The van der Waals surface area contributed by atoms with Gasteiger partial charge in [0.05, 0.1) is 10.5 Å². The lowest BCUT2D eigenvalue weighted by atomic mass is 10.2. The molecule has 2 rings (SSSR count). The van der Waals surface area contributed by atoms with Gasteiger partial charge in [0.15, 0.2) is 0 Å². The first-order valence-corrected chi connectivity index (χ1v) is 10.3. The van der Waals surface area contributed by atoms with Crippen molar-refractivity contribution in [2.75, 3.05) is 13.1 Å². The zero-order chi connectivity index (χ0) is 22.3. The second-order valence-corrected chi connectivity index (χ2v) is 7.78. The third-order valence-electron chi connectivity index (χ3n) is 4.01. The summed E-state index contributed by atoms with van der Waals surface area (Å²) in [6, 6.07) is 9.84. The summed E-state index contributed by atoms with van der Waals surface area (Å²) in [5, 5.41) is 0. The number of nitrogens with one attached hydrogen (secondary N) is 1. The van der Waals surface area contributed by atoms with Crippen LogP contribution in [0.5, 0.6) is 5.75 Å². The Bertz CT molecular complexity index is 975. The van der Waals surface area contributed by atoms with Crippen LogP contribution >= 0.6 is 0 Å². The van der Waals surface area contributed by atoms with Crippen LogP contribution in [0.4, 0.5) is 8.78 Å². The van der Waals surface area contributed by atoms with E-state index < -0.39 is 28.5 Å². The van der Waals surface area contributed by atoms with Crippen LogP contribution in [0.25, 0.3) is 0 Å². The minimum absolute atomic E-state index is 0.0227. The molecule has 8 nitrogen and oxygen atoms in total. The van der Waals surface area contributed by atoms with Crippen molar-refractivity contribution in [1.82, 2.24) is 9.79 Å². The van der Waals surface area contributed by atoms with Crippen LogP contribution in [0, 0.1) is 0 Å². The number of hydroxylamine groups is 1. The van der Waals surface area contributed by atoms with Gasteiger partial charge >= 0.3 is 12.6 Å². The predicted octanol–water partition coefficient (Wildman–Crippen LogP) is 2.82. The molecule has 1 N–H and O–H groups in total. The van der Waals surface area contributed by atoms with E-state index in [4.69, 9.17) is 4.84 Å². The molecule has 0 saturated heterocycles. The zero-order valence-corrected chi connectivity index (χ0v) is 17.0. The summed E-state index contributed by atoms with van der Waals surface area (Å²) in [5.74, 6) is -1.82. The van der Waals surface area contributed by atoms with E-state index in [0.717, 1.165) is 12.1 Å². The Morgan fingerprint density at radius 3 is 2.00 bits per heavy atom. The molecule has 0 spiro atoms. The average molecular weight is 442 g/mol. The molecule has 0 fully saturated rings. The quantitative estimate of drug-likeness (QED) is 0.631. The third kappa shape index (κ3) is 5.74. The predicted molar refractivity (Wildman–Crippen MR) is 103 cm³/mol. The van der Waals surface area contributed by atoms with Gasteiger partial charge in [-0.3, -0.25) is 4.79 Å².